The molecule has 0 radical (unpaired) electrons. The van der Waals surface area contributed by atoms with Crippen LogP contribution in [-0.4, -0.2) is 61.9 Å². The molecule has 0 aromatic heterocycles. The standard InChI is InChI=1S/C18H16Cl2N2O6S2/c1-21-13-3-5-14(6-4-13)29(25,26)17-9-22(10-18(17,24)11-23)30(27,28)16-7-2-12(19)8-15(16)20/h2-8,17,23-24H,9-11H2/t17-,18+/m0/s1. The van der Waals surface area contributed by atoms with E-state index in [-0.39, 0.29) is 25.5 Å². The van der Waals surface area contributed by atoms with Crippen LogP contribution < -0.4 is 0 Å². The van der Waals surface area contributed by atoms with Gasteiger partial charge in [0.15, 0.2) is 15.5 Å². The highest BCUT2D eigenvalue weighted by molar-refractivity contribution is 7.92. The summed E-state index contributed by atoms with van der Waals surface area (Å²) in [4.78, 5) is 2.69. The number of aliphatic hydroxyl groups excluding tert-OH is 1. The second-order valence-corrected chi connectivity index (χ2v) is 11.7. The Morgan fingerprint density at radius 2 is 1.77 bits per heavy atom. The minimum absolute atomic E-state index is 0.156. The van der Waals surface area contributed by atoms with Gasteiger partial charge in [0.05, 0.1) is 23.1 Å². The minimum atomic E-state index is -4.29. The van der Waals surface area contributed by atoms with Gasteiger partial charge in [-0.05, 0) is 18.2 Å². The summed E-state index contributed by atoms with van der Waals surface area (Å²) in [7, 11) is -8.53. The van der Waals surface area contributed by atoms with Crippen LogP contribution in [0.15, 0.2) is 52.3 Å². The lowest BCUT2D eigenvalue weighted by Gasteiger charge is -2.26. The summed E-state index contributed by atoms with van der Waals surface area (Å²) in [6.07, 6.45) is 0. The van der Waals surface area contributed by atoms with Crippen LogP contribution in [0.3, 0.4) is 0 Å². The Morgan fingerprint density at radius 1 is 1.13 bits per heavy atom. The first-order valence-corrected chi connectivity index (χ1v) is 12.2. The van der Waals surface area contributed by atoms with E-state index in [4.69, 9.17) is 29.8 Å². The van der Waals surface area contributed by atoms with Gasteiger partial charge in [0, 0.05) is 18.1 Å². The molecule has 0 amide bonds. The molecule has 0 bridgehead atoms. The molecule has 160 valence electrons. The van der Waals surface area contributed by atoms with Gasteiger partial charge in [-0.1, -0.05) is 47.5 Å². The third kappa shape index (κ3) is 3.94. The van der Waals surface area contributed by atoms with Crippen LogP contribution in [0.5, 0.6) is 0 Å². The van der Waals surface area contributed by atoms with Gasteiger partial charge in [0.1, 0.15) is 15.7 Å². The summed E-state index contributed by atoms with van der Waals surface area (Å²) >= 11 is 11.8. The van der Waals surface area contributed by atoms with Crippen LogP contribution in [0, 0.1) is 6.57 Å². The maximum Gasteiger partial charge on any atom is 0.244 e. The van der Waals surface area contributed by atoms with E-state index in [1.54, 1.807) is 0 Å². The monoisotopic (exact) mass is 490 g/mol. The minimum Gasteiger partial charge on any atom is -0.393 e. The highest BCUT2D eigenvalue weighted by atomic mass is 35.5. The maximum atomic E-state index is 13.1. The molecule has 1 saturated heterocycles. The summed E-state index contributed by atoms with van der Waals surface area (Å²) in [5, 5.41) is 19.0. The smallest absolute Gasteiger partial charge is 0.244 e. The van der Waals surface area contributed by atoms with E-state index in [1.165, 1.54) is 42.5 Å². The van der Waals surface area contributed by atoms with Gasteiger partial charge in [0.25, 0.3) is 0 Å². The van der Waals surface area contributed by atoms with Crippen molar-refractivity contribution in [3.05, 3.63) is 63.9 Å². The molecule has 2 aromatic rings. The summed E-state index contributed by atoms with van der Waals surface area (Å²) in [6, 6.07) is 8.74. The van der Waals surface area contributed by atoms with Gasteiger partial charge in [-0.15, -0.1) is 0 Å². The van der Waals surface area contributed by atoms with Crippen LogP contribution in [0.1, 0.15) is 0 Å². The Hall–Kier alpha value is -1.71. The third-order valence-corrected chi connectivity index (χ3v) is 9.67. The average molecular weight is 491 g/mol. The zero-order valence-corrected chi connectivity index (χ0v) is 18.4. The summed E-state index contributed by atoms with van der Waals surface area (Å²) in [5.74, 6) is 0. The van der Waals surface area contributed by atoms with Crippen molar-refractivity contribution < 1.29 is 27.0 Å². The Kier molecular flexibility index (Phi) is 6.19. The SMILES string of the molecule is [C-]#[N+]c1ccc(S(=O)(=O)[C@H]2CN(S(=O)(=O)c3ccc(Cl)cc3Cl)C[C@@]2(O)CO)cc1. The number of sulfone groups is 1. The van der Waals surface area contributed by atoms with Crippen molar-refractivity contribution in [1.82, 2.24) is 4.31 Å². The van der Waals surface area contributed by atoms with Crippen LogP contribution >= 0.6 is 23.2 Å². The van der Waals surface area contributed by atoms with Gasteiger partial charge >= 0.3 is 0 Å². The van der Waals surface area contributed by atoms with E-state index in [9.17, 15) is 27.0 Å². The molecule has 2 aromatic carbocycles. The number of β-amino-alcohol motifs (C(OH)–C–C–N with tert-alkyl or cyclic N) is 1. The molecule has 2 atom stereocenters. The van der Waals surface area contributed by atoms with Gasteiger partial charge in [-0.25, -0.2) is 21.7 Å². The zero-order valence-electron chi connectivity index (χ0n) is 15.2. The number of hydrogen-bond acceptors (Lipinski definition) is 6. The molecular weight excluding hydrogens is 475 g/mol. The normalized spacial score (nSPS) is 22.7. The van der Waals surface area contributed by atoms with Crippen LogP contribution in [0.25, 0.3) is 4.85 Å². The van der Waals surface area contributed by atoms with E-state index in [2.05, 4.69) is 4.85 Å². The summed E-state index contributed by atoms with van der Waals surface area (Å²) < 4.78 is 53.1. The third-order valence-electron chi connectivity index (χ3n) is 4.87. The molecule has 0 saturated carbocycles. The molecule has 1 heterocycles. The largest absolute Gasteiger partial charge is 0.393 e. The predicted octanol–water partition coefficient (Wildman–Crippen LogP) is 2.11. The molecule has 1 aliphatic rings. The van der Waals surface area contributed by atoms with E-state index >= 15 is 0 Å². The number of sulfonamides is 1. The molecule has 0 spiro atoms. The lowest BCUT2D eigenvalue weighted by atomic mass is 10.1. The molecule has 0 aliphatic carbocycles. The van der Waals surface area contributed by atoms with Crippen LogP contribution in [-0.2, 0) is 19.9 Å². The van der Waals surface area contributed by atoms with Crippen molar-refractivity contribution in [2.24, 2.45) is 0 Å². The summed E-state index contributed by atoms with van der Waals surface area (Å²) in [6.45, 7) is 4.74. The second kappa shape index (κ2) is 8.09. The molecule has 2 N–H and O–H groups in total. The molecule has 8 nitrogen and oxygen atoms in total. The van der Waals surface area contributed by atoms with Crippen molar-refractivity contribution in [3.8, 4) is 0 Å². The first-order chi connectivity index (χ1) is 14.0. The maximum absolute atomic E-state index is 13.1. The van der Waals surface area contributed by atoms with E-state index in [1.807, 2.05) is 0 Å². The fourth-order valence-corrected chi connectivity index (χ4v) is 7.55. The van der Waals surface area contributed by atoms with Crippen molar-refractivity contribution >= 4 is 48.7 Å². The van der Waals surface area contributed by atoms with Crippen LogP contribution in [0.4, 0.5) is 5.69 Å². The lowest BCUT2D eigenvalue weighted by Crippen LogP contribution is -2.49. The number of rotatable bonds is 5. The van der Waals surface area contributed by atoms with Gasteiger partial charge in [0.2, 0.25) is 10.0 Å². The first-order valence-electron chi connectivity index (χ1n) is 8.45. The zero-order chi connectivity index (χ0) is 22.3. The highest BCUT2D eigenvalue weighted by Gasteiger charge is 2.55. The molecule has 1 fully saturated rings. The second-order valence-electron chi connectivity index (χ2n) is 6.77. The van der Waals surface area contributed by atoms with Gasteiger partial charge < -0.3 is 10.2 Å². The van der Waals surface area contributed by atoms with Crippen molar-refractivity contribution in [1.29, 1.82) is 0 Å². The Balaban J connectivity index is 2.02. The van der Waals surface area contributed by atoms with Crippen LogP contribution in [0.2, 0.25) is 10.0 Å². The lowest BCUT2D eigenvalue weighted by molar-refractivity contribution is 0.00160. The van der Waals surface area contributed by atoms with Gasteiger partial charge in [-0.3, -0.25) is 0 Å². The highest BCUT2D eigenvalue weighted by Crippen LogP contribution is 2.36. The molecular formula is C18H16Cl2N2O6S2. The van der Waals surface area contributed by atoms with Crippen molar-refractivity contribution in [3.63, 3.8) is 0 Å². The molecule has 3 rings (SSSR count). The fourth-order valence-electron chi connectivity index (χ4n) is 3.25. The first kappa shape index (κ1) is 23.0. The van der Waals surface area contributed by atoms with E-state index in [0.717, 1.165) is 4.31 Å². The summed E-state index contributed by atoms with van der Waals surface area (Å²) in [5.41, 5.74) is -2.01. The Morgan fingerprint density at radius 3 is 2.30 bits per heavy atom. The van der Waals surface area contributed by atoms with E-state index in [0.29, 0.717) is 0 Å². The number of benzene rings is 2. The van der Waals surface area contributed by atoms with E-state index < -0.39 is 50.4 Å². The number of aliphatic hydroxyl groups is 2. The van der Waals surface area contributed by atoms with Gasteiger partial charge in [-0.2, -0.15) is 4.31 Å². The van der Waals surface area contributed by atoms with Crippen molar-refractivity contribution in [2.45, 2.75) is 20.6 Å². The Labute approximate surface area is 184 Å². The fraction of sp³-hybridized carbons (Fsp3) is 0.278. The quantitative estimate of drug-likeness (QED) is 0.619. The topological polar surface area (TPSA) is 116 Å². The average Bonchev–Trinajstić information content (AvgIpc) is 3.07. The predicted molar refractivity (Wildman–Crippen MR) is 111 cm³/mol. The number of halogens is 2. The number of hydrogen-bond donors (Lipinski definition) is 2. The molecule has 12 heteroatoms. The molecule has 30 heavy (non-hydrogen) atoms. The number of nitrogens with zero attached hydrogens (tertiary/aromatic N) is 2. The van der Waals surface area contributed by atoms with Crippen molar-refractivity contribution in [2.75, 3.05) is 19.7 Å². The molecule has 1 aliphatic heterocycles. The Bertz CT molecular complexity index is 1230. The molecule has 0 unspecified atom stereocenters.